The third-order valence-electron chi connectivity index (χ3n) is 2.18. The number of rotatable bonds is 3. The molecule has 0 unspecified atom stereocenters. The van der Waals surface area contributed by atoms with Crippen molar-refractivity contribution in [2.45, 2.75) is 12.6 Å². The van der Waals surface area contributed by atoms with E-state index in [1.54, 1.807) is 0 Å². The summed E-state index contributed by atoms with van der Waals surface area (Å²) >= 11 is 3.52. The average molecular weight is 242 g/mol. The molecule has 0 amide bonds. The van der Waals surface area contributed by atoms with Gasteiger partial charge in [0.1, 0.15) is 0 Å². The number of halogens is 1. The normalized spacial score (nSPS) is 17.0. The Morgan fingerprint density at radius 3 is 2.77 bits per heavy atom. The Morgan fingerprint density at radius 2 is 2.15 bits per heavy atom. The van der Waals surface area contributed by atoms with E-state index >= 15 is 0 Å². The molecular formula is C10H12BrNO. The van der Waals surface area contributed by atoms with Gasteiger partial charge < -0.3 is 10.1 Å². The summed E-state index contributed by atoms with van der Waals surface area (Å²) in [6.45, 7) is 2.62. The van der Waals surface area contributed by atoms with Crippen LogP contribution < -0.4 is 5.32 Å². The quantitative estimate of drug-likeness (QED) is 0.874. The van der Waals surface area contributed by atoms with Crippen molar-refractivity contribution in [2.75, 3.05) is 13.2 Å². The minimum atomic E-state index is 0.548. The lowest BCUT2D eigenvalue weighted by Gasteiger charge is -2.27. The van der Waals surface area contributed by atoms with Crippen LogP contribution in [-0.4, -0.2) is 19.3 Å². The molecule has 1 aromatic carbocycles. The molecule has 2 nitrogen and oxygen atoms in total. The van der Waals surface area contributed by atoms with Crippen LogP contribution in [-0.2, 0) is 11.3 Å². The van der Waals surface area contributed by atoms with Gasteiger partial charge in [0.15, 0.2) is 0 Å². The molecule has 3 heteroatoms. The summed E-state index contributed by atoms with van der Waals surface area (Å²) in [5, 5.41) is 3.42. The number of ether oxygens (including phenoxy) is 1. The molecular weight excluding hydrogens is 230 g/mol. The van der Waals surface area contributed by atoms with Gasteiger partial charge in [-0.15, -0.1) is 0 Å². The Balaban J connectivity index is 1.89. The van der Waals surface area contributed by atoms with Gasteiger partial charge in [0.25, 0.3) is 0 Å². The highest BCUT2D eigenvalue weighted by molar-refractivity contribution is 9.10. The molecule has 1 heterocycles. The first kappa shape index (κ1) is 9.19. The van der Waals surface area contributed by atoms with Crippen molar-refractivity contribution in [3.05, 3.63) is 34.3 Å². The van der Waals surface area contributed by atoms with Gasteiger partial charge in [-0.2, -0.15) is 0 Å². The molecule has 1 aliphatic heterocycles. The maximum atomic E-state index is 5.08. The molecule has 1 saturated heterocycles. The standard InChI is InChI=1S/C10H12BrNO/c11-10-4-2-1-3-8(10)5-12-9-6-13-7-9/h1-4,9,12H,5-7H2. The highest BCUT2D eigenvalue weighted by Crippen LogP contribution is 2.15. The van der Waals surface area contributed by atoms with Crippen LogP contribution in [0.25, 0.3) is 0 Å². The lowest BCUT2D eigenvalue weighted by Crippen LogP contribution is -2.45. The molecule has 1 aliphatic rings. The topological polar surface area (TPSA) is 21.3 Å². The molecule has 0 spiro atoms. The van der Waals surface area contributed by atoms with Crippen LogP contribution in [0.5, 0.6) is 0 Å². The second-order valence-corrected chi connectivity index (χ2v) is 4.06. The molecule has 1 aromatic rings. The summed E-state index contributed by atoms with van der Waals surface area (Å²) < 4.78 is 6.25. The summed E-state index contributed by atoms with van der Waals surface area (Å²) in [4.78, 5) is 0. The fourth-order valence-electron chi connectivity index (χ4n) is 1.25. The predicted molar refractivity (Wildman–Crippen MR) is 55.6 cm³/mol. The number of hydrogen-bond donors (Lipinski definition) is 1. The summed E-state index contributed by atoms with van der Waals surface area (Å²) in [6, 6.07) is 8.82. The Hall–Kier alpha value is -0.380. The van der Waals surface area contributed by atoms with Gasteiger partial charge in [0, 0.05) is 11.0 Å². The van der Waals surface area contributed by atoms with E-state index in [2.05, 4.69) is 39.4 Å². The molecule has 0 atom stereocenters. The first-order chi connectivity index (χ1) is 6.36. The summed E-state index contributed by atoms with van der Waals surface area (Å²) in [5.74, 6) is 0. The molecule has 70 valence electrons. The molecule has 0 saturated carbocycles. The molecule has 0 aliphatic carbocycles. The maximum Gasteiger partial charge on any atom is 0.0643 e. The number of nitrogens with one attached hydrogen (secondary N) is 1. The van der Waals surface area contributed by atoms with Crippen LogP contribution in [0.15, 0.2) is 28.7 Å². The first-order valence-electron chi connectivity index (χ1n) is 4.41. The van der Waals surface area contributed by atoms with Crippen LogP contribution in [0.3, 0.4) is 0 Å². The minimum absolute atomic E-state index is 0.548. The first-order valence-corrected chi connectivity index (χ1v) is 5.20. The number of benzene rings is 1. The van der Waals surface area contributed by atoms with Crippen LogP contribution in [0.4, 0.5) is 0 Å². The lowest BCUT2D eigenvalue weighted by molar-refractivity contribution is -0.00580. The third-order valence-corrected chi connectivity index (χ3v) is 2.95. The zero-order valence-corrected chi connectivity index (χ0v) is 8.88. The Morgan fingerprint density at radius 1 is 1.38 bits per heavy atom. The van der Waals surface area contributed by atoms with Crippen molar-refractivity contribution in [3.8, 4) is 0 Å². The van der Waals surface area contributed by atoms with Crippen molar-refractivity contribution in [3.63, 3.8) is 0 Å². The van der Waals surface area contributed by atoms with Gasteiger partial charge in [0.2, 0.25) is 0 Å². The van der Waals surface area contributed by atoms with E-state index in [-0.39, 0.29) is 0 Å². The van der Waals surface area contributed by atoms with E-state index in [9.17, 15) is 0 Å². The zero-order valence-electron chi connectivity index (χ0n) is 7.29. The van der Waals surface area contributed by atoms with E-state index in [1.807, 2.05) is 6.07 Å². The van der Waals surface area contributed by atoms with E-state index in [0.717, 1.165) is 19.8 Å². The van der Waals surface area contributed by atoms with Crippen LogP contribution in [0.2, 0.25) is 0 Å². The van der Waals surface area contributed by atoms with Gasteiger partial charge in [0.05, 0.1) is 19.3 Å². The van der Waals surface area contributed by atoms with Crippen LogP contribution in [0.1, 0.15) is 5.56 Å². The maximum absolute atomic E-state index is 5.08. The van der Waals surface area contributed by atoms with Crippen LogP contribution in [0, 0.1) is 0 Å². The molecule has 1 N–H and O–H groups in total. The third kappa shape index (κ3) is 2.30. The van der Waals surface area contributed by atoms with Crippen molar-refractivity contribution in [2.24, 2.45) is 0 Å². The molecule has 0 radical (unpaired) electrons. The van der Waals surface area contributed by atoms with Gasteiger partial charge >= 0.3 is 0 Å². The van der Waals surface area contributed by atoms with Crippen molar-refractivity contribution < 1.29 is 4.74 Å². The second-order valence-electron chi connectivity index (χ2n) is 3.21. The fourth-order valence-corrected chi connectivity index (χ4v) is 1.67. The average Bonchev–Trinajstić information content (AvgIpc) is 2.05. The van der Waals surface area contributed by atoms with E-state index in [4.69, 9.17) is 4.74 Å². The summed E-state index contributed by atoms with van der Waals surface area (Å²) in [5.41, 5.74) is 1.30. The fraction of sp³-hybridized carbons (Fsp3) is 0.400. The van der Waals surface area contributed by atoms with E-state index in [0.29, 0.717) is 6.04 Å². The highest BCUT2D eigenvalue weighted by atomic mass is 79.9. The smallest absolute Gasteiger partial charge is 0.0643 e. The van der Waals surface area contributed by atoms with Gasteiger partial charge in [-0.05, 0) is 11.6 Å². The Labute approximate surface area is 86.4 Å². The van der Waals surface area contributed by atoms with Gasteiger partial charge in [-0.1, -0.05) is 34.1 Å². The molecule has 0 bridgehead atoms. The minimum Gasteiger partial charge on any atom is -0.378 e. The predicted octanol–water partition coefficient (Wildman–Crippen LogP) is 1.94. The molecule has 1 fully saturated rings. The van der Waals surface area contributed by atoms with E-state index < -0.39 is 0 Å². The highest BCUT2D eigenvalue weighted by Gasteiger charge is 2.17. The summed E-state index contributed by atoms with van der Waals surface area (Å²) in [7, 11) is 0. The SMILES string of the molecule is Brc1ccccc1CNC1COC1. The number of hydrogen-bond acceptors (Lipinski definition) is 2. The Bertz CT molecular complexity index is 286. The van der Waals surface area contributed by atoms with Gasteiger partial charge in [-0.3, -0.25) is 0 Å². The lowest BCUT2D eigenvalue weighted by atomic mass is 10.2. The largest absolute Gasteiger partial charge is 0.378 e. The summed E-state index contributed by atoms with van der Waals surface area (Å²) in [6.07, 6.45) is 0. The molecule has 2 rings (SSSR count). The van der Waals surface area contributed by atoms with Gasteiger partial charge in [-0.25, -0.2) is 0 Å². The molecule has 0 aromatic heterocycles. The van der Waals surface area contributed by atoms with E-state index in [1.165, 1.54) is 10.0 Å². The monoisotopic (exact) mass is 241 g/mol. The van der Waals surface area contributed by atoms with Crippen molar-refractivity contribution >= 4 is 15.9 Å². The van der Waals surface area contributed by atoms with Crippen molar-refractivity contribution in [1.29, 1.82) is 0 Å². The molecule has 13 heavy (non-hydrogen) atoms. The Kier molecular flexibility index (Phi) is 2.98. The van der Waals surface area contributed by atoms with Crippen molar-refractivity contribution in [1.82, 2.24) is 5.32 Å². The zero-order chi connectivity index (χ0) is 9.10. The second kappa shape index (κ2) is 4.22. The van der Waals surface area contributed by atoms with Crippen LogP contribution >= 0.6 is 15.9 Å².